The molecule has 0 fully saturated rings. The van der Waals surface area contributed by atoms with Crippen LogP contribution in [0.4, 0.5) is 4.79 Å². The van der Waals surface area contributed by atoms with Crippen LogP contribution in [0.1, 0.15) is 11.3 Å². The Bertz CT molecular complexity index is 291. The molecule has 1 aromatic heterocycles. The second-order valence-electron chi connectivity index (χ2n) is 2.32. The third-order valence-corrected chi connectivity index (χ3v) is 2.29. The van der Waals surface area contributed by atoms with Crippen LogP contribution < -0.4 is 0 Å². The third-order valence-electron chi connectivity index (χ3n) is 1.36. The number of rotatable bonds is 3. The molecule has 0 aromatic carbocycles. The fraction of sp³-hybridized carbons (Fsp3) is 0.250. The fourth-order valence-corrected chi connectivity index (χ4v) is 1.54. The van der Waals surface area contributed by atoms with Gasteiger partial charge in [-0.3, -0.25) is 4.79 Å². The zero-order chi connectivity index (χ0) is 9.68. The van der Waals surface area contributed by atoms with Gasteiger partial charge in [0.05, 0.1) is 6.42 Å². The van der Waals surface area contributed by atoms with Crippen molar-refractivity contribution in [2.75, 3.05) is 0 Å². The molecule has 0 spiro atoms. The minimum Gasteiger partial charge on any atom is -0.449 e. The minimum atomic E-state index is -1.55. The van der Waals surface area contributed by atoms with Crippen LogP contribution in [0.5, 0.6) is 0 Å². The van der Waals surface area contributed by atoms with Crippen LogP contribution in [0.2, 0.25) is 0 Å². The Balaban J connectivity index is 2.27. The van der Waals surface area contributed by atoms with E-state index in [1.54, 1.807) is 0 Å². The number of hydrogen-bond donors (Lipinski definition) is 1. The van der Waals surface area contributed by atoms with Crippen LogP contribution in [0.15, 0.2) is 17.5 Å². The summed E-state index contributed by atoms with van der Waals surface area (Å²) in [5, 5.41) is 10.0. The molecule has 0 bridgehead atoms. The molecule has 4 nitrogen and oxygen atoms in total. The van der Waals surface area contributed by atoms with Crippen molar-refractivity contribution < 1.29 is 19.4 Å². The van der Waals surface area contributed by atoms with Crippen molar-refractivity contribution >= 4 is 23.5 Å². The highest BCUT2D eigenvalue weighted by Crippen LogP contribution is 2.10. The Morgan fingerprint density at radius 2 is 2.31 bits per heavy atom. The van der Waals surface area contributed by atoms with Gasteiger partial charge in [-0.25, -0.2) is 4.79 Å². The van der Waals surface area contributed by atoms with Crippen LogP contribution in [-0.4, -0.2) is 17.2 Å². The summed E-state index contributed by atoms with van der Waals surface area (Å²) in [5.74, 6) is -0.707. The molecule has 0 amide bonds. The normalized spacial score (nSPS) is 9.54. The van der Waals surface area contributed by atoms with E-state index in [0.29, 0.717) is 6.42 Å². The number of carboxylic acid groups (broad SMARTS) is 1. The predicted octanol–water partition coefficient (Wildman–Crippen LogP) is 1.90. The maximum Gasteiger partial charge on any atom is 0.513 e. The van der Waals surface area contributed by atoms with E-state index in [1.165, 1.54) is 11.3 Å². The van der Waals surface area contributed by atoms with Crippen molar-refractivity contribution in [1.82, 2.24) is 0 Å². The highest BCUT2D eigenvalue weighted by molar-refractivity contribution is 7.09. The summed E-state index contributed by atoms with van der Waals surface area (Å²) in [6.45, 7) is 0. The van der Waals surface area contributed by atoms with E-state index in [2.05, 4.69) is 4.74 Å². The molecule has 0 unspecified atom stereocenters. The van der Waals surface area contributed by atoms with E-state index in [1.807, 2.05) is 17.5 Å². The molecule has 5 heteroatoms. The Hall–Kier alpha value is -1.36. The first-order valence-electron chi connectivity index (χ1n) is 3.64. The Morgan fingerprint density at radius 1 is 1.54 bits per heavy atom. The average Bonchev–Trinajstić information content (AvgIpc) is 2.51. The van der Waals surface area contributed by atoms with Gasteiger partial charge in [0.2, 0.25) is 0 Å². The molecule has 1 rings (SSSR count). The lowest BCUT2D eigenvalue weighted by atomic mass is 10.3. The van der Waals surface area contributed by atoms with E-state index in [9.17, 15) is 9.59 Å². The lowest BCUT2D eigenvalue weighted by Gasteiger charge is -1.96. The molecule has 1 aromatic rings. The van der Waals surface area contributed by atoms with Crippen LogP contribution in [-0.2, 0) is 16.0 Å². The highest BCUT2D eigenvalue weighted by Gasteiger charge is 2.08. The number of carbonyl (C=O) groups excluding carboxylic acids is 1. The summed E-state index contributed by atoms with van der Waals surface area (Å²) < 4.78 is 3.93. The van der Waals surface area contributed by atoms with Gasteiger partial charge in [0.1, 0.15) is 0 Å². The van der Waals surface area contributed by atoms with Crippen LogP contribution in [0, 0.1) is 0 Å². The molecule has 0 saturated heterocycles. The van der Waals surface area contributed by atoms with Crippen molar-refractivity contribution in [2.24, 2.45) is 0 Å². The molecule has 0 aliphatic heterocycles. The maximum atomic E-state index is 10.8. The highest BCUT2D eigenvalue weighted by atomic mass is 32.1. The fourth-order valence-electron chi connectivity index (χ4n) is 0.829. The molecule has 1 heterocycles. The first kappa shape index (κ1) is 9.73. The number of carbonyl (C=O) groups is 2. The van der Waals surface area contributed by atoms with Crippen molar-refractivity contribution in [2.45, 2.75) is 12.8 Å². The molecular weight excluding hydrogens is 192 g/mol. The SMILES string of the molecule is O=C(O)OC(=O)CCc1cccs1. The van der Waals surface area contributed by atoms with Crippen LogP contribution >= 0.6 is 11.3 Å². The summed E-state index contributed by atoms with van der Waals surface area (Å²) in [6, 6.07) is 3.77. The van der Waals surface area contributed by atoms with Gasteiger partial charge < -0.3 is 9.84 Å². The maximum absolute atomic E-state index is 10.8. The van der Waals surface area contributed by atoms with Crippen molar-refractivity contribution in [3.05, 3.63) is 22.4 Å². The van der Waals surface area contributed by atoms with Gasteiger partial charge in [-0.2, -0.15) is 0 Å². The van der Waals surface area contributed by atoms with E-state index >= 15 is 0 Å². The number of thiophene rings is 1. The Labute approximate surface area is 78.8 Å². The van der Waals surface area contributed by atoms with Gasteiger partial charge in [-0.05, 0) is 17.9 Å². The molecule has 0 saturated carbocycles. The van der Waals surface area contributed by atoms with E-state index in [4.69, 9.17) is 5.11 Å². The second-order valence-corrected chi connectivity index (χ2v) is 3.35. The lowest BCUT2D eigenvalue weighted by molar-refractivity contribution is -0.138. The van der Waals surface area contributed by atoms with Gasteiger partial charge in [-0.1, -0.05) is 6.07 Å². The van der Waals surface area contributed by atoms with Gasteiger partial charge in [0.15, 0.2) is 0 Å². The monoisotopic (exact) mass is 200 g/mol. The molecule has 13 heavy (non-hydrogen) atoms. The average molecular weight is 200 g/mol. The van der Waals surface area contributed by atoms with Crippen LogP contribution in [0.25, 0.3) is 0 Å². The molecule has 1 N–H and O–H groups in total. The molecule has 0 aliphatic rings. The zero-order valence-electron chi connectivity index (χ0n) is 6.73. The number of aryl methyl sites for hydroxylation is 1. The number of esters is 1. The topological polar surface area (TPSA) is 63.6 Å². The molecule has 0 atom stereocenters. The summed E-state index contributed by atoms with van der Waals surface area (Å²) in [4.78, 5) is 21.7. The van der Waals surface area contributed by atoms with Gasteiger partial charge in [0, 0.05) is 4.88 Å². The quantitative estimate of drug-likeness (QED) is 0.597. The molecular formula is C8H8O4S. The van der Waals surface area contributed by atoms with Crippen molar-refractivity contribution in [3.63, 3.8) is 0 Å². The number of ether oxygens (including phenoxy) is 1. The van der Waals surface area contributed by atoms with E-state index in [0.717, 1.165) is 4.88 Å². The lowest BCUT2D eigenvalue weighted by Crippen LogP contribution is -2.10. The first-order chi connectivity index (χ1) is 6.18. The van der Waals surface area contributed by atoms with Gasteiger partial charge >= 0.3 is 12.1 Å². The van der Waals surface area contributed by atoms with E-state index < -0.39 is 12.1 Å². The van der Waals surface area contributed by atoms with Crippen LogP contribution in [0.3, 0.4) is 0 Å². The minimum absolute atomic E-state index is 0.104. The zero-order valence-corrected chi connectivity index (χ0v) is 7.54. The summed E-state index contributed by atoms with van der Waals surface area (Å²) >= 11 is 1.53. The largest absolute Gasteiger partial charge is 0.513 e. The Morgan fingerprint density at radius 3 is 2.85 bits per heavy atom. The molecule has 70 valence electrons. The predicted molar refractivity (Wildman–Crippen MR) is 46.8 cm³/mol. The Kier molecular flexibility index (Phi) is 3.45. The summed E-state index contributed by atoms with van der Waals surface area (Å²) in [7, 11) is 0. The summed E-state index contributed by atoms with van der Waals surface area (Å²) in [5.41, 5.74) is 0. The van der Waals surface area contributed by atoms with Crippen molar-refractivity contribution in [1.29, 1.82) is 0 Å². The first-order valence-corrected chi connectivity index (χ1v) is 4.52. The van der Waals surface area contributed by atoms with Gasteiger partial charge in [-0.15, -0.1) is 11.3 Å². The molecule has 0 aliphatic carbocycles. The number of hydrogen-bond acceptors (Lipinski definition) is 4. The second kappa shape index (κ2) is 4.61. The van der Waals surface area contributed by atoms with E-state index in [-0.39, 0.29) is 6.42 Å². The summed E-state index contributed by atoms with van der Waals surface area (Å²) in [6.07, 6.45) is -0.910. The third kappa shape index (κ3) is 3.71. The molecule has 0 radical (unpaired) electrons. The van der Waals surface area contributed by atoms with Gasteiger partial charge in [0.25, 0.3) is 0 Å². The standard InChI is InChI=1S/C8H8O4S/c9-7(12-8(10)11)4-3-6-2-1-5-13-6/h1-2,5H,3-4H2,(H,10,11). The van der Waals surface area contributed by atoms with Crippen molar-refractivity contribution in [3.8, 4) is 0 Å². The smallest absolute Gasteiger partial charge is 0.449 e.